The summed E-state index contributed by atoms with van der Waals surface area (Å²) in [5.41, 5.74) is 1.25. The summed E-state index contributed by atoms with van der Waals surface area (Å²) in [7, 11) is 0. The highest BCUT2D eigenvalue weighted by atomic mass is 19.1. The van der Waals surface area contributed by atoms with Crippen LogP contribution in [0.1, 0.15) is 23.8 Å². The van der Waals surface area contributed by atoms with Crippen molar-refractivity contribution in [2.24, 2.45) is 0 Å². The molecule has 116 valence electrons. The van der Waals surface area contributed by atoms with Gasteiger partial charge in [0.1, 0.15) is 18.2 Å². The Labute approximate surface area is 127 Å². The highest BCUT2D eigenvalue weighted by Gasteiger charge is 2.26. The lowest BCUT2D eigenvalue weighted by atomic mass is 10.1. The molecule has 3 rings (SSSR count). The van der Waals surface area contributed by atoms with Gasteiger partial charge in [-0.15, -0.1) is 0 Å². The van der Waals surface area contributed by atoms with Gasteiger partial charge in [0.15, 0.2) is 0 Å². The number of halogens is 1. The van der Waals surface area contributed by atoms with Gasteiger partial charge in [0.25, 0.3) is 0 Å². The van der Waals surface area contributed by atoms with Crippen molar-refractivity contribution < 1.29 is 18.4 Å². The molecule has 1 saturated heterocycles. The molecule has 0 N–H and O–H groups in total. The van der Waals surface area contributed by atoms with Gasteiger partial charge in [-0.1, -0.05) is 23.4 Å². The molecule has 5 nitrogen and oxygen atoms in total. The van der Waals surface area contributed by atoms with Crippen LogP contribution < -0.4 is 0 Å². The number of hydrogen-bond donors (Lipinski definition) is 0. The Morgan fingerprint density at radius 2 is 2.23 bits per heavy atom. The first-order valence-electron chi connectivity index (χ1n) is 7.27. The maximum absolute atomic E-state index is 13.8. The largest absolute Gasteiger partial charge is 0.370 e. The lowest BCUT2D eigenvalue weighted by Crippen LogP contribution is -2.42. The number of benzene rings is 1. The van der Waals surface area contributed by atoms with Gasteiger partial charge in [-0.2, -0.15) is 0 Å². The maximum Gasteiger partial charge on any atom is 0.223 e. The van der Waals surface area contributed by atoms with Gasteiger partial charge in [0.05, 0.1) is 18.8 Å². The molecule has 6 heteroatoms. The zero-order valence-electron chi connectivity index (χ0n) is 12.1. The van der Waals surface area contributed by atoms with Crippen molar-refractivity contribution in [3.63, 3.8) is 0 Å². The summed E-state index contributed by atoms with van der Waals surface area (Å²) in [5.74, 6) is -0.281. The second-order valence-electron chi connectivity index (χ2n) is 5.21. The van der Waals surface area contributed by atoms with Crippen LogP contribution in [0.15, 0.2) is 41.1 Å². The van der Waals surface area contributed by atoms with E-state index in [9.17, 15) is 9.18 Å². The fourth-order valence-corrected chi connectivity index (χ4v) is 2.56. The van der Waals surface area contributed by atoms with Crippen molar-refractivity contribution in [2.75, 3.05) is 19.7 Å². The minimum Gasteiger partial charge on any atom is -0.370 e. The zero-order chi connectivity index (χ0) is 15.4. The van der Waals surface area contributed by atoms with Crippen LogP contribution in [0.5, 0.6) is 0 Å². The number of nitrogens with zero attached hydrogens (tertiary/aromatic N) is 2. The molecule has 1 fully saturated rings. The molecule has 2 aromatic rings. The molecule has 1 amide bonds. The molecular weight excluding hydrogens is 287 g/mol. The summed E-state index contributed by atoms with van der Waals surface area (Å²) in [5, 5.41) is 3.79. The van der Waals surface area contributed by atoms with E-state index in [4.69, 9.17) is 9.26 Å². The third kappa shape index (κ3) is 3.33. The van der Waals surface area contributed by atoms with Gasteiger partial charge in [0.2, 0.25) is 5.91 Å². The number of amides is 1. The van der Waals surface area contributed by atoms with Crippen LogP contribution in [-0.2, 0) is 16.0 Å². The van der Waals surface area contributed by atoms with Crippen LogP contribution in [0.4, 0.5) is 4.39 Å². The summed E-state index contributed by atoms with van der Waals surface area (Å²) in [4.78, 5) is 14.0. The molecule has 1 aliphatic rings. The number of morpholine rings is 1. The van der Waals surface area contributed by atoms with E-state index in [1.807, 2.05) is 0 Å². The molecule has 1 unspecified atom stereocenters. The predicted molar refractivity (Wildman–Crippen MR) is 76.5 cm³/mol. The molecule has 0 radical (unpaired) electrons. The SMILES string of the molecule is O=C(CCc1ccon1)N1CCOC(c2ccccc2F)C1. The first kappa shape index (κ1) is 14.7. The minimum atomic E-state index is -0.411. The molecule has 22 heavy (non-hydrogen) atoms. The van der Waals surface area contributed by atoms with Crippen LogP contribution in [0.25, 0.3) is 0 Å². The van der Waals surface area contributed by atoms with E-state index in [2.05, 4.69) is 5.16 Å². The maximum atomic E-state index is 13.8. The number of aromatic nitrogens is 1. The Balaban J connectivity index is 1.60. The third-order valence-electron chi connectivity index (χ3n) is 3.76. The van der Waals surface area contributed by atoms with E-state index < -0.39 is 6.10 Å². The lowest BCUT2D eigenvalue weighted by molar-refractivity contribution is -0.139. The first-order valence-corrected chi connectivity index (χ1v) is 7.27. The number of carbonyl (C=O) groups is 1. The van der Waals surface area contributed by atoms with Crippen LogP contribution >= 0.6 is 0 Å². The molecular formula is C16H17FN2O3. The fraction of sp³-hybridized carbons (Fsp3) is 0.375. The molecule has 1 aliphatic heterocycles. The standard InChI is InChI=1S/C16H17FN2O3/c17-14-4-2-1-3-13(14)15-11-19(8-10-21-15)16(20)6-5-12-7-9-22-18-12/h1-4,7,9,15H,5-6,8,10-11H2. The zero-order valence-corrected chi connectivity index (χ0v) is 12.1. The minimum absolute atomic E-state index is 0.0210. The van der Waals surface area contributed by atoms with Gasteiger partial charge in [-0.05, 0) is 6.07 Å². The van der Waals surface area contributed by atoms with E-state index in [1.165, 1.54) is 12.3 Å². The van der Waals surface area contributed by atoms with Gasteiger partial charge < -0.3 is 14.2 Å². The molecule has 0 aliphatic carbocycles. The monoisotopic (exact) mass is 304 g/mol. The van der Waals surface area contributed by atoms with Crippen LogP contribution in [0.2, 0.25) is 0 Å². The van der Waals surface area contributed by atoms with E-state index in [-0.39, 0.29) is 11.7 Å². The number of ether oxygens (including phenoxy) is 1. The molecule has 1 aromatic carbocycles. The highest BCUT2D eigenvalue weighted by Crippen LogP contribution is 2.24. The normalized spacial score (nSPS) is 18.4. The van der Waals surface area contributed by atoms with E-state index in [1.54, 1.807) is 29.2 Å². The molecule has 0 bridgehead atoms. The Morgan fingerprint density at radius 1 is 1.36 bits per heavy atom. The first-order chi connectivity index (χ1) is 10.7. The lowest BCUT2D eigenvalue weighted by Gasteiger charge is -2.33. The van der Waals surface area contributed by atoms with Crippen molar-refractivity contribution >= 4 is 5.91 Å². The van der Waals surface area contributed by atoms with Crippen molar-refractivity contribution in [2.45, 2.75) is 18.9 Å². The molecule has 0 spiro atoms. The third-order valence-corrected chi connectivity index (χ3v) is 3.76. The summed E-state index contributed by atoms with van der Waals surface area (Å²) in [6, 6.07) is 8.26. The summed E-state index contributed by atoms with van der Waals surface area (Å²) in [6.45, 7) is 1.32. The smallest absolute Gasteiger partial charge is 0.223 e. The van der Waals surface area contributed by atoms with E-state index >= 15 is 0 Å². The van der Waals surface area contributed by atoms with Crippen LogP contribution in [-0.4, -0.2) is 35.7 Å². The van der Waals surface area contributed by atoms with E-state index in [0.717, 1.165) is 5.69 Å². The number of carbonyl (C=O) groups excluding carboxylic acids is 1. The van der Waals surface area contributed by atoms with Crippen LogP contribution in [0, 0.1) is 5.82 Å². The topological polar surface area (TPSA) is 55.6 Å². The highest BCUT2D eigenvalue weighted by molar-refractivity contribution is 5.76. The second-order valence-corrected chi connectivity index (χ2v) is 5.21. The Bertz CT molecular complexity index is 630. The summed E-state index contributed by atoms with van der Waals surface area (Å²) in [6.07, 6.45) is 1.97. The molecule has 1 aromatic heterocycles. The average molecular weight is 304 g/mol. The molecule has 0 saturated carbocycles. The molecule has 2 heterocycles. The van der Waals surface area contributed by atoms with Crippen molar-refractivity contribution in [1.29, 1.82) is 0 Å². The van der Waals surface area contributed by atoms with Crippen molar-refractivity contribution in [1.82, 2.24) is 10.1 Å². The summed E-state index contributed by atoms with van der Waals surface area (Å²) < 4.78 is 24.2. The van der Waals surface area contributed by atoms with Crippen molar-refractivity contribution in [3.8, 4) is 0 Å². The Kier molecular flexibility index (Phi) is 4.48. The van der Waals surface area contributed by atoms with Crippen LogP contribution in [0.3, 0.4) is 0 Å². The summed E-state index contributed by atoms with van der Waals surface area (Å²) >= 11 is 0. The Morgan fingerprint density at radius 3 is 3.00 bits per heavy atom. The quantitative estimate of drug-likeness (QED) is 0.870. The number of rotatable bonds is 4. The van der Waals surface area contributed by atoms with Gasteiger partial charge in [0, 0.05) is 31.0 Å². The van der Waals surface area contributed by atoms with E-state index in [0.29, 0.717) is 38.1 Å². The van der Waals surface area contributed by atoms with Gasteiger partial charge >= 0.3 is 0 Å². The predicted octanol–water partition coefficient (Wildman–Crippen LogP) is 2.35. The molecule has 1 atom stereocenters. The second kappa shape index (κ2) is 6.70. The fourth-order valence-electron chi connectivity index (χ4n) is 2.56. The number of hydrogen-bond acceptors (Lipinski definition) is 4. The average Bonchev–Trinajstić information content (AvgIpc) is 3.06. The van der Waals surface area contributed by atoms with Gasteiger partial charge in [-0.25, -0.2) is 4.39 Å². The van der Waals surface area contributed by atoms with Gasteiger partial charge in [-0.3, -0.25) is 4.79 Å². The number of aryl methyl sites for hydroxylation is 1. The van der Waals surface area contributed by atoms with Crippen molar-refractivity contribution in [3.05, 3.63) is 53.7 Å². The Hall–Kier alpha value is -2.21.